The molecule has 1 aromatic carbocycles. The van der Waals surface area contributed by atoms with Crippen molar-refractivity contribution in [1.82, 2.24) is 0 Å². The van der Waals surface area contributed by atoms with Crippen molar-refractivity contribution in [3.05, 3.63) is 17.7 Å². The minimum absolute atomic E-state index is 0.0312. The Morgan fingerprint density at radius 1 is 1.38 bits per heavy atom. The van der Waals surface area contributed by atoms with E-state index in [9.17, 15) is 5.11 Å². The zero-order chi connectivity index (χ0) is 11.3. The van der Waals surface area contributed by atoms with Crippen molar-refractivity contribution in [2.24, 2.45) is 5.73 Å². The molecule has 16 heavy (non-hydrogen) atoms. The molecule has 1 aromatic rings. The average molecular weight is 221 g/mol. The highest BCUT2D eigenvalue weighted by Crippen LogP contribution is 2.56. The van der Waals surface area contributed by atoms with Crippen LogP contribution in [0.4, 0.5) is 0 Å². The Hall–Kier alpha value is -1.42. The first-order valence-electron chi connectivity index (χ1n) is 5.52. The molecule has 3 rings (SSSR count). The topological polar surface area (TPSA) is 64.7 Å². The van der Waals surface area contributed by atoms with E-state index in [1.54, 1.807) is 12.1 Å². The highest BCUT2D eigenvalue weighted by Gasteiger charge is 2.50. The molecule has 0 spiro atoms. The summed E-state index contributed by atoms with van der Waals surface area (Å²) in [6, 6.07) is 3.40. The van der Waals surface area contributed by atoms with Crippen molar-refractivity contribution in [2.45, 2.75) is 31.2 Å². The monoisotopic (exact) mass is 221 g/mol. The fourth-order valence-electron chi connectivity index (χ4n) is 2.47. The van der Waals surface area contributed by atoms with Gasteiger partial charge in [0.2, 0.25) is 6.79 Å². The van der Waals surface area contributed by atoms with Gasteiger partial charge in [-0.15, -0.1) is 0 Å². The van der Waals surface area contributed by atoms with Gasteiger partial charge >= 0.3 is 0 Å². The summed E-state index contributed by atoms with van der Waals surface area (Å²) in [4.78, 5) is 0. The lowest BCUT2D eigenvalue weighted by atomic mass is 9.88. The van der Waals surface area contributed by atoms with Crippen LogP contribution in [0.2, 0.25) is 0 Å². The first-order valence-corrected chi connectivity index (χ1v) is 5.52. The van der Waals surface area contributed by atoms with Crippen molar-refractivity contribution < 1.29 is 14.6 Å². The lowest BCUT2D eigenvalue weighted by molar-refractivity contribution is 0.172. The summed E-state index contributed by atoms with van der Waals surface area (Å²) >= 11 is 0. The predicted octanol–water partition coefficient (Wildman–Crippen LogP) is 1.50. The molecule has 1 heterocycles. The largest absolute Gasteiger partial charge is 0.508 e. The molecule has 1 aliphatic heterocycles. The van der Waals surface area contributed by atoms with E-state index in [-0.39, 0.29) is 24.0 Å². The third-order valence-electron chi connectivity index (χ3n) is 3.65. The van der Waals surface area contributed by atoms with Crippen molar-refractivity contribution in [1.29, 1.82) is 0 Å². The summed E-state index contributed by atoms with van der Waals surface area (Å²) in [6.07, 6.45) is 2.09. The number of phenolic OH excluding ortho intramolecular Hbond substituents is 1. The maximum atomic E-state index is 9.67. The van der Waals surface area contributed by atoms with E-state index in [1.807, 2.05) is 6.92 Å². The SMILES string of the molecule is CC(N)C1(c2cc(O)cc3c2OCO3)CC1. The minimum Gasteiger partial charge on any atom is -0.508 e. The molecule has 86 valence electrons. The van der Waals surface area contributed by atoms with Crippen LogP contribution in [0, 0.1) is 0 Å². The average Bonchev–Trinajstić information content (AvgIpc) is 2.91. The molecule has 1 unspecified atom stereocenters. The van der Waals surface area contributed by atoms with E-state index in [2.05, 4.69) is 0 Å². The predicted molar refractivity (Wildman–Crippen MR) is 58.8 cm³/mol. The molecule has 0 aromatic heterocycles. The minimum atomic E-state index is -0.0312. The van der Waals surface area contributed by atoms with E-state index >= 15 is 0 Å². The standard InChI is InChI=1S/C12H15NO3/c1-7(13)12(2-3-12)9-4-8(14)5-10-11(9)16-6-15-10/h4-5,7,14H,2-3,6,13H2,1H3. The molecule has 1 fully saturated rings. The fourth-order valence-corrected chi connectivity index (χ4v) is 2.47. The Balaban J connectivity index is 2.14. The van der Waals surface area contributed by atoms with Crippen molar-refractivity contribution in [3.8, 4) is 17.2 Å². The zero-order valence-electron chi connectivity index (χ0n) is 9.19. The Labute approximate surface area is 94.0 Å². The van der Waals surface area contributed by atoms with Crippen molar-refractivity contribution in [2.75, 3.05) is 6.79 Å². The van der Waals surface area contributed by atoms with Gasteiger partial charge in [0, 0.05) is 23.1 Å². The smallest absolute Gasteiger partial charge is 0.231 e. The second-order valence-corrected chi connectivity index (χ2v) is 4.67. The molecule has 4 nitrogen and oxygen atoms in total. The van der Waals surface area contributed by atoms with Gasteiger partial charge in [0.05, 0.1) is 0 Å². The molecule has 1 saturated carbocycles. The molecule has 0 bridgehead atoms. The van der Waals surface area contributed by atoms with Crippen LogP contribution in [0.25, 0.3) is 0 Å². The molecule has 1 aliphatic carbocycles. The Bertz CT molecular complexity index is 438. The second-order valence-electron chi connectivity index (χ2n) is 4.67. The van der Waals surface area contributed by atoms with E-state index in [1.165, 1.54) is 0 Å². The molecule has 1 atom stereocenters. The second kappa shape index (κ2) is 3.04. The van der Waals surface area contributed by atoms with Crippen molar-refractivity contribution >= 4 is 0 Å². The van der Waals surface area contributed by atoms with Crippen LogP contribution in [0.1, 0.15) is 25.3 Å². The fraction of sp³-hybridized carbons (Fsp3) is 0.500. The summed E-state index contributed by atoms with van der Waals surface area (Å²) in [5, 5.41) is 9.67. The molecular formula is C12H15NO3. The van der Waals surface area contributed by atoms with Gasteiger partial charge in [-0.1, -0.05) is 0 Å². The molecule has 0 radical (unpaired) electrons. The van der Waals surface area contributed by atoms with Crippen LogP contribution in [-0.4, -0.2) is 17.9 Å². The molecule has 0 amide bonds. The van der Waals surface area contributed by atoms with Gasteiger partial charge in [0.1, 0.15) is 5.75 Å². The summed E-state index contributed by atoms with van der Waals surface area (Å²) in [5.41, 5.74) is 6.99. The van der Waals surface area contributed by atoms with Crippen LogP contribution in [0.15, 0.2) is 12.1 Å². The van der Waals surface area contributed by atoms with Crippen LogP contribution < -0.4 is 15.2 Å². The van der Waals surface area contributed by atoms with Crippen LogP contribution in [0.3, 0.4) is 0 Å². The van der Waals surface area contributed by atoms with Crippen LogP contribution in [-0.2, 0) is 5.41 Å². The number of hydrogen-bond acceptors (Lipinski definition) is 4. The Kier molecular flexibility index (Phi) is 1.86. The van der Waals surface area contributed by atoms with E-state index < -0.39 is 0 Å². The van der Waals surface area contributed by atoms with Crippen molar-refractivity contribution in [3.63, 3.8) is 0 Å². The van der Waals surface area contributed by atoms with E-state index in [0.29, 0.717) is 5.75 Å². The normalized spacial score (nSPS) is 21.9. The van der Waals surface area contributed by atoms with Crippen LogP contribution in [0.5, 0.6) is 17.2 Å². The molecule has 2 aliphatic rings. The summed E-state index contributed by atoms with van der Waals surface area (Å²) < 4.78 is 10.8. The van der Waals surface area contributed by atoms with Gasteiger partial charge in [0.25, 0.3) is 0 Å². The number of fused-ring (bicyclic) bond motifs is 1. The maximum Gasteiger partial charge on any atom is 0.231 e. The lowest BCUT2D eigenvalue weighted by Gasteiger charge is -2.21. The third kappa shape index (κ3) is 1.19. The summed E-state index contributed by atoms with van der Waals surface area (Å²) in [7, 11) is 0. The zero-order valence-corrected chi connectivity index (χ0v) is 9.19. The Morgan fingerprint density at radius 2 is 2.12 bits per heavy atom. The van der Waals surface area contributed by atoms with E-state index in [4.69, 9.17) is 15.2 Å². The highest BCUT2D eigenvalue weighted by atomic mass is 16.7. The number of aromatic hydroxyl groups is 1. The number of phenols is 1. The molecular weight excluding hydrogens is 206 g/mol. The number of hydrogen-bond donors (Lipinski definition) is 2. The quantitative estimate of drug-likeness (QED) is 0.794. The van der Waals surface area contributed by atoms with Gasteiger partial charge in [-0.25, -0.2) is 0 Å². The Morgan fingerprint density at radius 3 is 2.75 bits per heavy atom. The molecule has 3 N–H and O–H groups in total. The third-order valence-corrected chi connectivity index (χ3v) is 3.65. The van der Waals surface area contributed by atoms with Gasteiger partial charge in [-0.05, 0) is 25.8 Å². The number of rotatable bonds is 2. The van der Waals surface area contributed by atoms with Crippen LogP contribution >= 0.6 is 0 Å². The molecule has 4 heteroatoms. The van der Waals surface area contributed by atoms with Gasteiger partial charge in [-0.3, -0.25) is 0 Å². The maximum absolute atomic E-state index is 9.67. The summed E-state index contributed by atoms with van der Waals surface area (Å²) in [6.45, 7) is 2.22. The van der Waals surface area contributed by atoms with E-state index in [0.717, 1.165) is 24.2 Å². The van der Waals surface area contributed by atoms with Gasteiger partial charge in [0.15, 0.2) is 11.5 Å². The number of ether oxygens (including phenoxy) is 2. The van der Waals surface area contributed by atoms with Gasteiger partial charge < -0.3 is 20.3 Å². The number of benzene rings is 1. The highest BCUT2D eigenvalue weighted by molar-refractivity contribution is 5.57. The number of nitrogens with two attached hydrogens (primary N) is 1. The summed E-state index contributed by atoms with van der Waals surface area (Å²) in [5.74, 6) is 1.60. The first kappa shape index (κ1) is 9.78. The first-order chi connectivity index (χ1) is 7.63. The molecule has 0 saturated heterocycles. The lowest BCUT2D eigenvalue weighted by Crippen LogP contribution is -2.31. The van der Waals surface area contributed by atoms with Gasteiger partial charge in [-0.2, -0.15) is 0 Å².